The molecule has 3 rings (SSSR count). The molecule has 2 nitrogen and oxygen atoms in total. The van der Waals surface area contributed by atoms with Gasteiger partial charge < -0.3 is 0 Å². The summed E-state index contributed by atoms with van der Waals surface area (Å²) in [5.74, 6) is 3.71. The third-order valence-electron chi connectivity index (χ3n) is 4.75. The summed E-state index contributed by atoms with van der Waals surface area (Å²) in [6, 6.07) is 0. The Morgan fingerprint density at radius 2 is 1.94 bits per heavy atom. The van der Waals surface area contributed by atoms with Gasteiger partial charge >= 0.3 is 0 Å². The maximum absolute atomic E-state index is 6.36. The molecule has 1 aromatic rings. The molecule has 2 saturated carbocycles. The Bertz CT molecular complexity index is 447. The lowest BCUT2D eigenvalue weighted by atomic mass is 9.88. The van der Waals surface area contributed by atoms with Crippen LogP contribution in [0.2, 0.25) is 5.15 Å². The summed E-state index contributed by atoms with van der Waals surface area (Å²) in [6.45, 7) is 6.36. The highest BCUT2D eigenvalue weighted by Crippen LogP contribution is 2.52. The molecule has 1 aromatic heterocycles. The highest BCUT2D eigenvalue weighted by Gasteiger charge is 2.41. The van der Waals surface area contributed by atoms with Crippen molar-refractivity contribution >= 4 is 11.6 Å². The number of aryl methyl sites for hydroxylation is 1. The van der Waals surface area contributed by atoms with Crippen molar-refractivity contribution in [3.63, 3.8) is 0 Å². The van der Waals surface area contributed by atoms with E-state index < -0.39 is 0 Å². The van der Waals surface area contributed by atoms with E-state index in [1.165, 1.54) is 25.7 Å². The maximum atomic E-state index is 6.36. The molecule has 0 aromatic carbocycles. The zero-order valence-corrected chi connectivity index (χ0v) is 12.2. The molecule has 0 radical (unpaired) electrons. The summed E-state index contributed by atoms with van der Waals surface area (Å²) in [4.78, 5) is 9.37. The Morgan fingerprint density at radius 3 is 2.44 bits per heavy atom. The van der Waals surface area contributed by atoms with Gasteiger partial charge in [0.05, 0.1) is 0 Å². The fourth-order valence-electron chi connectivity index (χ4n) is 3.95. The van der Waals surface area contributed by atoms with Crippen molar-refractivity contribution in [2.75, 3.05) is 0 Å². The van der Waals surface area contributed by atoms with E-state index in [1.807, 2.05) is 0 Å². The summed E-state index contributed by atoms with van der Waals surface area (Å²) < 4.78 is 0. The second-order valence-corrected chi connectivity index (χ2v) is 6.67. The highest BCUT2D eigenvalue weighted by atomic mass is 35.5. The second-order valence-electron chi connectivity index (χ2n) is 6.31. The van der Waals surface area contributed by atoms with Crippen LogP contribution in [-0.2, 0) is 0 Å². The minimum Gasteiger partial charge on any atom is -0.238 e. The number of fused-ring (bicyclic) bond motifs is 2. The first-order valence-corrected chi connectivity index (χ1v) is 7.48. The van der Waals surface area contributed by atoms with E-state index in [2.05, 4.69) is 25.8 Å². The smallest absolute Gasteiger partial charge is 0.136 e. The van der Waals surface area contributed by atoms with Gasteiger partial charge in [0.1, 0.15) is 11.0 Å². The summed E-state index contributed by atoms with van der Waals surface area (Å²) in [6.07, 6.45) is 5.44. The Morgan fingerprint density at radius 1 is 1.17 bits per heavy atom. The van der Waals surface area contributed by atoms with Gasteiger partial charge in [0.25, 0.3) is 0 Å². The first-order valence-electron chi connectivity index (χ1n) is 7.10. The van der Waals surface area contributed by atoms with Crippen molar-refractivity contribution in [3.05, 3.63) is 22.2 Å². The second kappa shape index (κ2) is 4.48. The number of hydrogen-bond donors (Lipinski definition) is 0. The van der Waals surface area contributed by atoms with Crippen LogP contribution >= 0.6 is 11.6 Å². The van der Waals surface area contributed by atoms with Crippen molar-refractivity contribution in [1.29, 1.82) is 0 Å². The van der Waals surface area contributed by atoms with Gasteiger partial charge in [-0.1, -0.05) is 31.9 Å². The van der Waals surface area contributed by atoms with Crippen LogP contribution in [0.25, 0.3) is 0 Å². The lowest BCUT2D eigenvalue weighted by Gasteiger charge is -2.22. The molecule has 2 fully saturated rings. The lowest BCUT2D eigenvalue weighted by molar-refractivity contribution is 0.404. The molecule has 0 saturated heterocycles. The van der Waals surface area contributed by atoms with Crippen molar-refractivity contribution in [3.8, 4) is 0 Å². The predicted molar refractivity (Wildman–Crippen MR) is 74.1 cm³/mol. The third-order valence-corrected chi connectivity index (χ3v) is 5.04. The largest absolute Gasteiger partial charge is 0.238 e. The van der Waals surface area contributed by atoms with Crippen molar-refractivity contribution in [2.24, 2.45) is 11.8 Å². The van der Waals surface area contributed by atoms with Gasteiger partial charge in [0.2, 0.25) is 0 Å². The van der Waals surface area contributed by atoms with E-state index in [0.29, 0.717) is 17.0 Å². The van der Waals surface area contributed by atoms with Gasteiger partial charge in [-0.25, -0.2) is 9.97 Å². The van der Waals surface area contributed by atoms with E-state index in [9.17, 15) is 0 Å². The first-order chi connectivity index (χ1) is 8.56. The maximum Gasteiger partial charge on any atom is 0.136 e. The first kappa shape index (κ1) is 12.4. The van der Waals surface area contributed by atoms with Crippen LogP contribution in [0, 0.1) is 18.8 Å². The quantitative estimate of drug-likeness (QED) is 0.737. The molecular weight excluding hydrogens is 244 g/mol. The Hall–Kier alpha value is -0.630. The van der Waals surface area contributed by atoms with Gasteiger partial charge in [0.15, 0.2) is 0 Å². The fraction of sp³-hybridized carbons (Fsp3) is 0.733. The van der Waals surface area contributed by atoms with Crippen LogP contribution in [0.5, 0.6) is 0 Å². The molecule has 0 amide bonds. The monoisotopic (exact) mass is 264 g/mol. The zero-order chi connectivity index (χ0) is 12.9. The molecule has 0 aliphatic heterocycles. The number of halogens is 1. The van der Waals surface area contributed by atoms with Crippen LogP contribution in [-0.4, -0.2) is 9.97 Å². The molecule has 2 aliphatic carbocycles. The number of rotatable bonds is 2. The average Bonchev–Trinajstić information content (AvgIpc) is 2.88. The van der Waals surface area contributed by atoms with Gasteiger partial charge in [-0.3, -0.25) is 0 Å². The highest BCUT2D eigenvalue weighted by molar-refractivity contribution is 6.30. The average molecular weight is 265 g/mol. The molecule has 0 N–H and O–H groups in total. The van der Waals surface area contributed by atoms with Crippen LogP contribution in [0.3, 0.4) is 0 Å². The topological polar surface area (TPSA) is 25.8 Å². The third kappa shape index (κ3) is 1.95. The Balaban J connectivity index is 1.95. The van der Waals surface area contributed by atoms with Crippen molar-refractivity contribution < 1.29 is 0 Å². The van der Waals surface area contributed by atoms with E-state index in [-0.39, 0.29) is 0 Å². The summed E-state index contributed by atoms with van der Waals surface area (Å²) in [5, 5.41) is 0.676. The van der Waals surface area contributed by atoms with Crippen LogP contribution < -0.4 is 0 Å². The fourth-order valence-corrected chi connectivity index (χ4v) is 4.39. The zero-order valence-electron chi connectivity index (χ0n) is 11.4. The van der Waals surface area contributed by atoms with E-state index in [4.69, 9.17) is 16.6 Å². The Kier molecular flexibility index (Phi) is 3.09. The number of nitrogens with zero attached hydrogens (tertiary/aromatic N) is 2. The van der Waals surface area contributed by atoms with E-state index in [0.717, 1.165) is 28.9 Å². The van der Waals surface area contributed by atoms with E-state index in [1.54, 1.807) is 0 Å². The minimum absolute atomic E-state index is 0.395. The molecule has 3 atom stereocenters. The van der Waals surface area contributed by atoms with Gasteiger partial charge in [0, 0.05) is 17.2 Å². The van der Waals surface area contributed by atoms with E-state index >= 15 is 0 Å². The molecule has 3 heteroatoms. The number of aromatic nitrogens is 2. The summed E-state index contributed by atoms with van der Waals surface area (Å²) in [7, 11) is 0. The molecule has 18 heavy (non-hydrogen) atoms. The molecule has 98 valence electrons. The SMILES string of the molecule is Cc1nc(C2CC3CCC2C3)nc(Cl)c1C(C)C. The molecule has 2 aliphatic rings. The normalized spacial score (nSPS) is 30.4. The number of hydrogen-bond acceptors (Lipinski definition) is 2. The minimum atomic E-state index is 0.395. The van der Waals surface area contributed by atoms with Crippen molar-refractivity contribution in [2.45, 2.75) is 58.3 Å². The van der Waals surface area contributed by atoms with Gasteiger partial charge in [-0.05, 0) is 43.9 Å². The summed E-state index contributed by atoms with van der Waals surface area (Å²) >= 11 is 6.36. The van der Waals surface area contributed by atoms with Crippen LogP contribution in [0.15, 0.2) is 0 Å². The molecule has 1 heterocycles. The molecule has 2 bridgehead atoms. The molecule has 3 unspecified atom stereocenters. The lowest BCUT2D eigenvalue weighted by Crippen LogP contribution is -2.14. The predicted octanol–water partition coefficient (Wildman–Crippen LogP) is 4.47. The summed E-state index contributed by atoms with van der Waals surface area (Å²) in [5.41, 5.74) is 2.19. The standard InChI is InChI=1S/C15H21ClN2/c1-8(2)13-9(3)17-15(18-14(13)16)12-7-10-4-5-11(12)6-10/h8,10-12H,4-7H2,1-3H3. The van der Waals surface area contributed by atoms with Crippen molar-refractivity contribution in [1.82, 2.24) is 9.97 Å². The van der Waals surface area contributed by atoms with Crippen LogP contribution in [0.1, 0.15) is 68.4 Å². The Labute approximate surface area is 114 Å². The molecular formula is C15H21ClN2. The van der Waals surface area contributed by atoms with Crippen LogP contribution in [0.4, 0.5) is 0 Å². The van der Waals surface area contributed by atoms with Gasteiger partial charge in [-0.2, -0.15) is 0 Å². The van der Waals surface area contributed by atoms with Gasteiger partial charge in [-0.15, -0.1) is 0 Å². The molecule has 0 spiro atoms.